The minimum absolute atomic E-state index is 0.00455. The molecule has 6 nitrogen and oxygen atoms in total. The summed E-state index contributed by atoms with van der Waals surface area (Å²) in [6, 6.07) is 4.88. The first-order chi connectivity index (χ1) is 10.2. The van der Waals surface area contributed by atoms with Gasteiger partial charge in [-0.15, -0.1) is 0 Å². The zero-order valence-corrected chi connectivity index (χ0v) is 11.6. The van der Waals surface area contributed by atoms with Gasteiger partial charge in [0.05, 0.1) is 16.5 Å². The normalized spacial score (nSPS) is 16.0. The average molecular weight is 287 g/mol. The van der Waals surface area contributed by atoms with Crippen molar-refractivity contribution in [3.8, 4) is 0 Å². The molecule has 0 bridgehead atoms. The highest BCUT2D eigenvalue weighted by atomic mass is 16.2. The Hall–Kier alpha value is -2.37. The summed E-state index contributed by atoms with van der Waals surface area (Å²) in [4.78, 5) is 36.0. The molecule has 0 spiro atoms. The summed E-state index contributed by atoms with van der Waals surface area (Å²) >= 11 is 0. The van der Waals surface area contributed by atoms with E-state index in [4.69, 9.17) is 0 Å². The molecule has 1 fully saturated rings. The Morgan fingerprint density at radius 3 is 2.52 bits per heavy atom. The fourth-order valence-corrected chi connectivity index (χ4v) is 2.93. The van der Waals surface area contributed by atoms with E-state index in [1.54, 1.807) is 18.2 Å². The lowest BCUT2D eigenvalue weighted by atomic mass is 9.88. The Bertz CT molecular complexity index is 785. The number of carbonyl (C=O) groups excluding carboxylic acids is 1. The van der Waals surface area contributed by atoms with Crippen LogP contribution in [0, 0.1) is 5.92 Å². The lowest BCUT2D eigenvalue weighted by molar-refractivity contribution is -0.120. The third-order valence-corrected chi connectivity index (χ3v) is 4.06. The van der Waals surface area contributed by atoms with Gasteiger partial charge in [0.15, 0.2) is 0 Å². The van der Waals surface area contributed by atoms with Crippen molar-refractivity contribution in [2.45, 2.75) is 32.1 Å². The van der Waals surface area contributed by atoms with Crippen molar-refractivity contribution in [3.05, 3.63) is 38.9 Å². The van der Waals surface area contributed by atoms with Gasteiger partial charge < -0.3 is 5.32 Å². The van der Waals surface area contributed by atoms with Gasteiger partial charge >= 0.3 is 0 Å². The van der Waals surface area contributed by atoms with Crippen LogP contribution in [0.15, 0.2) is 27.8 Å². The van der Waals surface area contributed by atoms with Crippen molar-refractivity contribution in [3.63, 3.8) is 0 Å². The van der Waals surface area contributed by atoms with Crippen LogP contribution < -0.4 is 16.4 Å². The first-order valence-corrected chi connectivity index (χ1v) is 7.21. The molecule has 1 saturated carbocycles. The van der Waals surface area contributed by atoms with E-state index in [9.17, 15) is 14.4 Å². The summed E-state index contributed by atoms with van der Waals surface area (Å²) in [6.07, 6.45) is 5.07. The van der Waals surface area contributed by atoms with Crippen molar-refractivity contribution in [1.82, 2.24) is 10.2 Å². The summed E-state index contributed by atoms with van der Waals surface area (Å²) in [7, 11) is 0. The number of hydrogen-bond donors (Lipinski definition) is 3. The van der Waals surface area contributed by atoms with E-state index in [1.165, 1.54) is 6.42 Å². The molecule has 1 aromatic carbocycles. The van der Waals surface area contributed by atoms with E-state index >= 15 is 0 Å². The minimum Gasteiger partial charge on any atom is -0.325 e. The molecule has 110 valence electrons. The van der Waals surface area contributed by atoms with Crippen LogP contribution in [0.5, 0.6) is 0 Å². The topological polar surface area (TPSA) is 94.8 Å². The van der Waals surface area contributed by atoms with E-state index < -0.39 is 5.56 Å². The molecule has 21 heavy (non-hydrogen) atoms. The fraction of sp³-hybridized carbons (Fsp3) is 0.400. The van der Waals surface area contributed by atoms with Gasteiger partial charge in [0.25, 0.3) is 11.1 Å². The fourth-order valence-electron chi connectivity index (χ4n) is 2.93. The van der Waals surface area contributed by atoms with Gasteiger partial charge in [0.2, 0.25) is 5.91 Å². The molecule has 2 aromatic rings. The maximum Gasteiger partial charge on any atom is 0.272 e. The maximum atomic E-state index is 12.3. The molecule has 1 aliphatic rings. The quantitative estimate of drug-likeness (QED) is 0.785. The molecule has 0 unspecified atom stereocenters. The molecule has 0 saturated heterocycles. The molecule has 0 atom stereocenters. The van der Waals surface area contributed by atoms with E-state index in [-0.39, 0.29) is 28.2 Å². The summed E-state index contributed by atoms with van der Waals surface area (Å²) in [5.74, 6) is -0.0723. The number of aromatic amines is 2. The zero-order chi connectivity index (χ0) is 14.8. The van der Waals surface area contributed by atoms with Crippen LogP contribution in [-0.4, -0.2) is 16.1 Å². The van der Waals surface area contributed by atoms with Crippen LogP contribution in [0.1, 0.15) is 32.1 Å². The van der Waals surface area contributed by atoms with Gasteiger partial charge in [0, 0.05) is 5.92 Å². The van der Waals surface area contributed by atoms with Crippen LogP contribution >= 0.6 is 0 Å². The summed E-state index contributed by atoms with van der Waals surface area (Å²) in [6.45, 7) is 0. The summed E-state index contributed by atoms with van der Waals surface area (Å²) in [5, 5.41) is 7.89. The van der Waals surface area contributed by atoms with Crippen molar-refractivity contribution in [2.24, 2.45) is 5.92 Å². The Morgan fingerprint density at radius 2 is 1.76 bits per heavy atom. The molecule has 3 N–H and O–H groups in total. The zero-order valence-electron chi connectivity index (χ0n) is 11.6. The lowest BCUT2D eigenvalue weighted by Gasteiger charge is -2.21. The first-order valence-electron chi connectivity index (χ1n) is 7.21. The molecular weight excluding hydrogens is 270 g/mol. The highest BCUT2D eigenvalue weighted by Crippen LogP contribution is 2.26. The van der Waals surface area contributed by atoms with Gasteiger partial charge in [-0.2, -0.15) is 0 Å². The number of benzene rings is 1. The van der Waals surface area contributed by atoms with Crippen LogP contribution in [0.2, 0.25) is 0 Å². The second-order valence-electron chi connectivity index (χ2n) is 5.46. The van der Waals surface area contributed by atoms with Crippen molar-refractivity contribution in [1.29, 1.82) is 0 Å². The molecule has 1 aromatic heterocycles. The van der Waals surface area contributed by atoms with Gasteiger partial charge in [-0.05, 0) is 25.0 Å². The predicted octanol–water partition coefficient (Wildman–Crippen LogP) is 1.74. The number of anilines is 1. The number of carbonyl (C=O) groups is 1. The van der Waals surface area contributed by atoms with Gasteiger partial charge in [-0.3, -0.25) is 24.6 Å². The lowest BCUT2D eigenvalue weighted by Crippen LogP contribution is -2.26. The van der Waals surface area contributed by atoms with Crippen molar-refractivity contribution < 1.29 is 4.79 Å². The summed E-state index contributed by atoms with van der Waals surface area (Å²) < 4.78 is 0. The molecule has 0 aliphatic heterocycles. The standard InChI is InChI=1S/C15H17N3O3/c19-13(9-5-2-1-3-6-9)16-11-8-4-7-10-12(11)15(21)18-17-14(10)20/h4,7-9H,1-3,5-6H2,(H,16,19)(H,17,20)(H,18,21). The van der Waals surface area contributed by atoms with Crippen LogP contribution in [0.3, 0.4) is 0 Å². The molecule has 0 radical (unpaired) electrons. The largest absolute Gasteiger partial charge is 0.325 e. The SMILES string of the molecule is O=C(Nc1cccc2c(=O)[nH][nH]c(=O)c12)C1CCCCC1. The highest BCUT2D eigenvalue weighted by Gasteiger charge is 2.22. The number of nitrogens with one attached hydrogen (secondary N) is 3. The van der Waals surface area contributed by atoms with E-state index in [2.05, 4.69) is 15.5 Å². The number of H-pyrrole nitrogens is 2. The van der Waals surface area contributed by atoms with Crippen molar-refractivity contribution >= 4 is 22.4 Å². The number of hydrogen-bond acceptors (Lipinski definition) is 3. The molecular formula is C15H17N3O3. The maximum absolute atomic E-state index is 12.3. The van der Waals surface area contributed by atoms with Crippen molar-refractivity contribution in [2.75, 3.05) is 5.32 Å². The minimum atomic E-state index is -0.413. The van der Waals surface area contributed by atoms with Gasteiger partial charge in [-0.25, -0.2) is 0 Å². The Balaban J connectivity index is 1.97. The third kappa shape index (κ3) is 2.61. The van der Waals surface area contributed by atoms with Crippen LogP contribution in [0.4, 0.5) is 5.69 Å². The van der Waals surface area contributed by atoms with E-state index in [0.29, 0.717) is 5.69 Å². The molecule has 1 amide bonds. The van der Waals surface area contributed by atoms with Crippen LogP contribution in [-0.2, 0) is 4.79 Å². The molecule has 3 rings (SSSR count). The number of fused-ring (bicyclic) bond motifs is 1. The highest BCUT2D eigenvalue weighted by molar-refractivity contribution is 6.02. The average Bonchev–Trinajstić information content (AvgIpc) is 2.52. The second-order valence-corrected chi connectivity index (χ2v) is 5.46. The number of aromatic nitrogens is 2. The van der Waals surface area contributed by atoms with Gasteiger partial charge in [0.1, 0.15) is 0 Å². The van der Waals surface area contributed by atoms with Gasteiger partial charge in [-0.1, -0.05) is 25.3 Å². The van der Waals surface area contributed by atoms with E-state index in [1.807, 2.05) is 0 Å². The Morgan fingerprint density at radius 1 is 1.05 bits per heavy atom. The first kappa shape index (κ1) is 13.6. The Labute approximate surface area is 120 Å². The third-order valence-electron chi connectivity index (χ3n) is 4.06. The van der Waals surface area contributed by atoms with E-state index in [0.717, 1.165) is 25.7 Å². The summed E-state index contributed by atoms with van der Waals surface area (Å²) in [5.41, 5.74) is -0.391. The smallest absolute Gasteiger partial charge is 0.272 e. The Kier molecular flexibility index (Phi) is 3.60. The number of amides is 1. The number of rotatable bonds is 2. The molecule has 1 aliphatic carbocycles. The predicted molar refractivity (Wildman–Crippen MR) is 80.4 cm³/mol. The molecule has 1 heterocycles. The second kappa shape index (κ2) is 5.55. The molecule has 6 heteroatoms. The van der Waals surface area contributed by atoms with Crippen LogP contribution in [0.25, 0.3) is 10.8 Å². The monoisotopic (exact) mass is 287 g/mol.